The molecule has 2 heterocycles. The molecule has 1 unspecified atom stereocenters. The van der Waals surface area contributed by atoms with Crippen molar-refractivity contribution in [1.29, 1.82) is 0 Å². The molecule has 0 bridgehead atoms. The number of nitrogens with one attached hydrogen (secondary N) is 2. The quantitative estimate of drug-likeness (QED) is 0.454. The van der Waals surface area contributed by atoms with Crippen LogP contribution in [0.3, 0.4) is 0 Å². The molecule has 0 amide bonds. The summed E-state index contributed by atoms with van der Waals surface area (Å²) in [5, 5.41) is 17.8. The minimum Gasteiger partial charge on any atom is -0.504 e. The van der Waals surface area contributed by atoms with Gasteiger partial charge in [0.1, 0.15) is 0 Å². The monoisotopic (exact) mass is 469 g/mol. The number of rotatable bonds is 4. The van der Waals surface area contributed by atoms with Crippen LogP contribution >= 0.6 is 23.0 Å². The third-order valence-corrected chi connectivity index (χ3v) is 6.54. The standard InChI is InChI=1S/C20H28IN3O2/c1-12(2)24-8-6-13(7-9-24)22-20-14-4-3-5-16(14)23-17-11-19(26-21)18(25)10-15(17)20/h10-13,16,22-23,25H,3-9H2,1-2H3. The number of likely N-dealkylation sites (tertiary alicyclic amines) is 1. The number of phenols is 1. The van der Waals surface area contributed by atoms with E-state index in [2.05, 4.69) is 29.4 Å². The second-order valence-electron chi connectivity index (χ2n) is 7.98. The van der Waals surface area contributed by atoms with Crippen LogP contribution in [0.4, 0.5) is 5.69 Å². The summed E-state index contributed by atoms with van der Waals surface area (Å²) in [7, 11) is 0. The summed E-state index contributed by atoms with van der Waals surface area (Å²) < 4.78 is 5.28. The molecule has 142 valence electrons. The molecule has 2 fully saturated rings. The van der Waals surface area contributed by atoms with Gasteiger partial charge in [-0.15, -0.1) is 0 Å². The molecule has 3 N–H and O–H groups in total. The van der Waals surface area contributed by atoms with Crippen LogP contribution in [0.15, 0.2) is 17.7 Å². The van der Waals surface area contributed by atoms with E-state index in [1.807, 2.05) is 35.1 Å². The Labute approximate surface area is 169 Å². The highest BCUT2D eigenvalue weighted by Crippen LogP contribution is 2.44. The average molecular weight is 469 g/mol. The fraction of sp³-hybridized carbons (Fsp3) is 0.600. The van der Waals surface area contributed by atoms with Gasteiger partial charge in [0.05, 0.1) is 0 Å². The molecule has 6 heteroatoms. The van der Waals surface area contributed by atoms with Gasteiger partial charge in [-0.05, 0) is 57.6 Å². The minimum atomic E-state index is 0.200. The van der Waals surface area contributed by atoms with E-state index >= 15 is 0 Å². The lowest BCUT2D eigenvalue weighted by Gasteiger charge is -2.37. The number of fused-ring (bicyclic) bond motifs is 2. The van der Waals surface area contributed by atoms with Gasteiger partial charge in [-0.25, -0.2) is 0 Å². The molecular weight excluding hydrogens is 441 g/mol. The van der Waals surface area contributed by atoms with Crippen LogP contribution in [-0.2, 0) is 0 Å². The fourth-order valence-electron chi connectivity index (χ4n) is 4.56. The van der Waals surface area contributed by atoms with Crippen molar-refractivity contribution in [3.63, 3.8) is 0 Å². The Balaban J connectivity index is 1.61. The summed E-state index contributed by atoms with van der Waals surface area (Å²) in [6, 6.07) is 5.31. The second-order valence-corrected chi connectivity index (χ2v) is 8.42. The Morgan fingerprint density at radius 3 is 2.73 bits per heavy atom. The second kappa shape index (κ2) is 7.46. The predicted octanol–water partition coefficient (Wildman–Crippen LogP) is 4.27. The highest BCUT2D eigenvalue weighted by molar-refractivity contribution is 14.1. The number of phenolic OH excluding ortho intramolecular Hbond substituents is 1. The topological polar surface area (TPSA) is 56.8 Å². The van der Waals surface area contributed by atoms with Gasteiger partial charge >= 0.3 is 0 Å². The SMILES string of the molecule is CC(C)N1CCC(NC2=C3CCCC3Nc3cc(OI)c(O)cc32)CC1. The maximum Gasteiger partial charge on any atom is 0.192 e. The average Bonchev–Trinajstić information content (AvgIpc) is 3.10. The molecule has 1 saturated heterocycles. The van der Waals surface area contributed by atoms with Crippen LogP contribution < -0.4 is 13.7 Å². The molecule has 26 heavy (non-hydrogen) atoms. The summed E-state index contributed by atoms with van der Waals surface area (Å²) in [4.78, 5) is 2.56. The molecule has 0 radical (unpaired) electrons. The molecule has 0 spiro atoms. The molecule has 1 saturated carbocycles. The molecule has 1 aromatic carbocycles. The Bertz CT molecular complexity index is 711. The van der Waals surface area contributed by atoms with Gasteiger partial charge in [0.2, 0.25) is 0 Å². The first-order valence-electron chi connectivity index (χ1n) is 9.73. The molecule has 3 aliphatic rings. The molecular formula is C20H28IN3O2. The summed E-state index contributed by atoms with van der Waals surface area (Å²) in [5.41, 5.74) is 4.87. The summed E-state index contributed by atoms with van der Waals surface area (Å²) in [6.07, 6.45) is 5.87. The largest absolute Gasteiger partial charge is 0.504 e. The first-order chi connectivity index (χ1) is 12.6. The molecule has 4 rings (SSSR count). The number of hydrogen-bond acceptors (Lipinski definition) is 5. The van der Waals surface area contributed by atoms with Crippen molar-refractivity contribution in [2.24, 2.45) is 0 Å². The lowest BCUT2D eigenvalue weighted by atomic mass is 9.93. The Kier molecular flexibility index (Phi) is 5.23. The van der Waals surface area contributed by atoms with Gasteiger partial charge < -0.3 is 23.7 Å². The van der Waals surface area contributed by atoms with Crippen LogP contribution in [0.25, 0.3) is 5.70 Å². The maximum atomic E-state index is 10.3. The van der Waals surface area contributed by atoms with E-state index < -0.39 is 0 Å². The van der Waals surface area contributed by atoms with Crippen LogP contribution in [-0.4, -0.2) is 41.2 Å². The molecule has 2 aliphatic heterocycles. The third-order valence-electron chi connectivity index (χ3n) is 6.07. The van der Waals surface area contributed by atoms with Crippen molar-refractivity contribution < 1.29 is 8.17 Å². The van der Waals surface area contributed by atoms with Crippen LogP contribution in [0.2, 0.25) is 0 Å². The van der Waals surface area contributed by atoms with Gasteiger partial charge in [0, 0.05) is 54.2 Å². The smallest absolute Gasteiger partial charge is 0.192 e. The first-order valence-corrected chi connectivity index (χ1v) is 10.6. The summed E-state index contributed by atoms with van der Waals surface area (Å²) in [5.74, 6) is 0.716. The lowest BCUT2D eigenvalue weighted by molar-refractivity contribution is 0.167. The Morgan fingerprint density at radius 2 is 2.04 bits per heavy atom. The molecule has 1 aromatic rings. The van der Waals surface area contributed by atoms with Gasteiger partial charge in [-0.3, -0.25) is 0 Å². The van der Waals surface area contributed by atoms with E-state index in [4.69, 9.17) is 3.07 Å². The highest BCUT2D eigenvalue weighted by atomic mass is 127. The van der Waals surface area contributed by atoms with Crippen LogP contribution in [0.5, 0.6) is 11.5 Å². The van der Waals surface area contributed by atoms with Crippen molar-refractivity contribution in [2.45, 2.75) is 64.1 Å². The van der Waals surface area contributed by atoms with E-state index in [1.165, 1.54) is 37.0 Å². The van der Waals surface area contributed by atoms with E-state index in [1.54, 1.807) is 0 Å². The van der Waals surface area contributed by atoms with Gasteiger partial charge in [-0.1, -0.05) is 0 Å². The van der Waals surface area contributed by atoms with Crippen molar-refractivity contribution >= 4 is 34.4 Å². The number of benzene rings is 1. The van der Waals surface area contributed by atoms with Crippen molar-refractivity contribution in [3.05, 3.63) is 23.3 Å². The van der Waals surface area contributed by atoms with E-state index in [0.29, 0.717) is 23.9 Å². The Morgan fingerprint density at radius 1 is 1.27 bits per heavy atom. The number of hydrogen-bond donors (Lipinski definition) is 3. The van der Waals surface area contributed by atoms with Crippen molar-refractivity contribution in [2.75, 3.05) is 18.4 Å². The number of anilines is 1. The molecule has 1 aliphatic carbocycles. The maximum absolute atomic E-state index is 10.3. The van der Waals surface area contributed by atoms with Crippen molar-refractivity contribution in [1.82, 2.24) is 10.2 Å². The fourth-order valence-corrected chi connectivity index (χ4v) is 4.91. The van der Waals surface area contributed by atoms with Crippen LogP contribution in [0, 0.1) is 0 Å². The number of halogens is 1. The van der Waals surface area contributed by atoms with E-state index in [9.17, 15) is 5.11 Å². The Hall–Kier alpha value is -1.15. The first kappa shape index (κ1) is 18.2. The van der Waals surface area contributed by atoms with Gasteiger partial charge in [-0.2, -0.15) is 0 Å². The van der Waals surface area contributed by atoms with Crippen molar-refractivity contribution in [3.8, 4) is 11.5 Å². The lowest BCUT2D eigenvalue weighted by Crippen LogP contribution is -2.45. The zero-order valence-corrected chi connectivity index (χ0v) is 17.7. The summed E-state index contributed by atoms with van der Waals surface area (Å²) >= 11 is 1.82. The predicted molar refractivity (Wildman–Crippen MR) is 114 cm³/mol. The molecule has 1 atom stereocenters. The summed E-state index contributed by atoms with van der Waals surface area (Å²) in [6.45, 7) is 6.86. The zero-order valence-electron chi connectivity index (χ0n) is 15.5. The number of piperidine rings is 1. The zero-order chi connectivity index (χ0) is 18.3. The van der Waals surface area contributed by atoms with Gasteiger partial charge in [0.15, 0.2) is 34.5 Å². The van der Waals surface area contributed by atoms with Gasteiger partial charge in [0.25, 0.3) is 0 Å². The van der Waals surface area contributed by atoms with E-state index in [-0.39, 0.29) is 5.75 Å². The highest BCUT2D eigenvalue weighted by Gasteiger charge is 2.33. The molecule has 0 aromatic heterocycles. The molecule has 5 nitrogen and oxygen atoms in total. The van der Waals surface area contributed by atoms with Crippen LogP contribution in [0.1, 0.15) is 51.5 Å². The minimum absolute atomic E-state index is 0.200. The number of nitrogens with zero attached hydrogens (tertiary/aromatic N) is 1. The number of aromatic hydroxyl groups is 1. The van der Waals surface area contributed by atoms with E-state index in [0.717, 1.165) is 30.8 Å². The third kappa shape index (κ3) is 3.38. The normalized spacial score (nSPS) is 23.6.